The van der Waals surface area contributed by atoms with Gasteiger partial charge in [-0.2, -0.15) is 13.2 Å². The van der Waals surface area contributed by atoms with E-state index in [1.165, 1.54) is 12.1 Å². The fourth-order valence-corrected chi connectivity index (χ4v) is 5.27. The van der Waals surface area contributed by atoms with Crippen molar-refractivity contribution in [1.29, 1.82) is 0 Å². The summed E-state index contributed by atoms with van der Waals surface area (Å²) in [6.45, 7) is 9.37. The van der Waals surface area contributed by atoms with Gasteiger partial charge in [-0.15, -0.1) is 6.58 Å². The first-order chi connectivity index (χ1) is 17.6. The zero-order valence-corrected chi connectivity index (χ0v) is 21.6. The van der Waals surface area contributed by atoms with Crippen molar-refractivity contribution in [2.45, 2.75) is 70.6 Å². The van der Waals surface area contributed by atoms with Crippen LogP contribution < -0.4 is 0 Å². The summed E-state index contributed by atoms with van der Waals surface area (Å²) in [5.41, 5.74) is 1.16. The van der Waals surface area contributed by atoms with Crippen LogP contribution in [0.3, 0.4) is 0 Å². The smallest absolute Gasteiger partial charge is 0.416 e. The van der Waals surface area contributed by atoms with Crippen molar-refractivity contribution in [1.82, 2.24) is 4.90 Å². The maximum atomic E-state index is 13.7. The van der Waals surface area contributed by atoms with Gasteiger partial charge in [0, 0.05) is 19.0 Å². The Labute approximate surface area is 217 Å². The van der Waals surface area contributed by atoms with Gasteiger partial charge in [-0.25, -0.2) is 4.39 Å². The average Bonchev–Trinajstić information content (AvgIpc) is 2.86. The van der Waals surface area contributed by atoms with Gasteiger partial charge in [0.15, 0.2) is 0 Å². The fourth-order valence-electron chi connectivity index (χ4n) is 5.27. The van der Waals surface area contributed by atoms with Gasteiger partial charge in [-0.3, -0.25) is 9.69 Å². The first-order valence-electron chi connectivity index (χ1n) is 13.0. The number of hydrogen-bond donors (Lipinski definition) is 0. The van der Waals surface area contributed by atoms with E-state index in [0.717, 1.165) is 55.5 Å². The lowest BCUT2D eigenvalue weighted by molar-refractivity contribution is -0.144. The van der Waals surface area contributed by atoms with Crippen molar-refractivity contribution >= 4 is 5.97 Å². The summed E-state index contributed by atoms with van der Waals surface area (Å²) < 4.78 is 58.2. The molecule has 1 fully saturated rings. The molecule has 0 saturated heterocycles. The summed E-state index contributed by atoms with van der Waals surface area (Å²) >= 11 is 0. The quantitative estimate of drug-likeness (QED) is 0.173. The maximum Gasteiger partial charge on any atom is 0.416 e. The summed E-state index contributed by atoms with van der Waals surface area (Å²) in [4.78, 5) is 14.5. The molecule has 0 amide bonds. The second-order valence-corrected chi connectivity index (χ2v) is 10.1. The van der Waals surface area contributed by atoms with E-state index < -0.39 is 11.7 Å². The zero-order chi connectivity index (χ0) is 27.0. The van der Waals surface area contributed by atoms with Crippen LogP contribution in [0, 0.1) is 17.7 Å². The molecule has 2 aromatic rings. The molecule has 0 aliphatic heterocycles. The highest BCUT2D eigenvalue weighted by molar-refractivity contribution is 5.69. The van der Waals surface area contributed by atoms with E-state index >= 15 is 0 Å². The normalized spacial score (nSPS) is 21.0. The molecule has 3 rings (SSSR count). The average molecular weight is 520 g/mol. The van der Waals surface area contributed by atoms with Crippen molar-refractivity contribution in [3.05, 3.63) is 83.7 Å². The molecule has 3 nitrogen and oxygen atoms in total. The van der Waals surface area contributed by atoms with Crippen LogP contribution in [0.15, 0.2) is 61.2 Å². The van der Waals surface area contributed by atoms with Crippen molar-refractivity contribution in [3.8, 4) is 0 Å². The molecule has 0 spiro atoms. The van der Waals surface area contributed by atoms with Crippen LogP contribution in [0.25, 0.3) is 0 Å². The van der Waals surface area contributed by atoms with Gasteiger partial charge < -0.3 is 4.74 Å². The molecule has 1 unspecified atom stereocenters. The first kappa shape index (κ1) is 28.9. The standard InChI is InChI=1S/C30H37F4NO2/c1-4-21(3)16-17-35(20-22-6-11-25(12-7-22)30(32,33)34)28-15-8-23(19-29(36)37-5-2)18-27(28)24-9-13-26(31)14-10-24/h4,6-7,9-14,21,23,27-28H,1,5,8,15-20H2,2-3H3/t21?,23-,27+,28-/m1/s1. The van der Waals surface area contributed by atoms with Gasteiger partial charge in [0.2, 0.25) is 0 Å². The molecule has 0 N–H and O–H groups in total. The van der Waals surface area contributed by atoms with E-state index in [2.05, 4.69) is 18.4 Å². The number of carbonyl (C=O) groups is 1. The first-order valence-corrected chi connectivity index (χ1v) is 13.0. The molecule has 1 aliphatic carbocycles. The third-order valence-electron chi connectivity index (χ3n) is 7.39. The molecule has 202 valence electrons. The van der Waals surface area contributed by atoms with Gasteiger partial charge in [0.1, 0.15) is 5.82 Å². The number of alkyl halides is 3. The number of rotatable bonds is 11. The van der Waals surface area contributed by atoms with Crippen molar-refractivity contribution in [2.24, 2.45) is 11.8 Å². The number of halogens is 4. The van der Waals surface area contributed by atoms with Crippen LogP contribution in [0.1, 0.15) is 68.6 Å². The third-order valence-corrected chi connectivity index (χ3v) is 7.39. The molecule has 1 saturated carbocycles. The number of hydrogen-bond acceptors (Lipinski definition) is 3. The molecular weight excluding hydrogens is 482 g/mol. The molecule has 0 bridgehead atoms. The minimum absolute atomic E-state index is 0.0577. The lowest BCUT2D eigenvalue weighted by atomic mass is 9.73. The summed E-state index contributed by atoms with van der Waals surface area (Å²) in [6, 6.07) is 12.0. The molecule has 0 radical (unpaired) electrons. The van der Waals surface area contributed by atoms with E-state index in [9.17, 15) is 22.4 Å². The van der Waals surface area contributed by atoms with Crippen LogP contribution in [0.4, 0.5) is 17.6 Å². The highest BCUT2D eigenvalue weighted by Crippen LogP contribution is 2.41. The Morgan fingerprint density at radius 3 is 2.41 bits per heavy atom. The molecule has 7 heteroatoms. The molecule has 37 heavy (non-hydrogen) atoms. The van der Waals surface area contributed by atoms with E-state index in [0.29, 0.717) is 25.5 Å². The predicted octanol–water partition coefficient (Wildman–Crippen LogP) is 7.76. The van der Waals surface area contributed by atoms with Gasteiger partial charge in [-0.1, -0.05) is 37.3 Å². The van der Waals surface area contributed by atoms with E-state index in [-0.39, 0.29) is 29.7 Å². The molecule has 0 heterocycles. The minimum atomic E-state index is -4.37. The molecule has 4 atom stereocenters. The Kier molecular flexibility index (Phi) is 10.3. The number of nitrogens with zero attached hydrogens (tertiary/aromatic N) is 1. The number of esters is 1. The van der Waals surface area contributed by atoms with Crippen LogP contribution in [-0.4, -0.2) is 30.1 Å². The number of ether oxygens (including phenoxy) is 1. The number of carbonyl (C=O) groups excluding carboxylic acids is 1. The van der Waals surface area contributed by atoms with Crippen LogP contribution >= 0.6 is 0 Å². The summed E-state index contributed by atoms with van der Waals surface area (Å²) in [6.07, 6.45) is 1.19. The fraction of sp³-hybridized carbons (Fsp3) is 0.500. The van der Waals surface area contributed by atoms with Crippen molar-refractivity contribution in [3.63, 3.8) is 0 Å². The van der Waals surface area contributed by atoms with Gasteiger partial charge >= 0.3 is 12.1 Å². The minimum Gasteiger partial charge on any atom is -0.466 e. The summed E-state index contributed by atoms with van der Waals surface area (Å²) in [5, 5.41) is 0. The topological polar surface area (TPSA) is 29.5 Å². The Bertz CT molecular complexity index is 1000. The summed E-state index contributed by atoms with van der Waals surface area (Å²) in [7, 11) is 0. The predicted molar refractivity (Wildman–Crippen MR) is 137 cm³/mol. The van der Waals surface area contributed by atoms with Crippen molar-refractivity contribution in [2.75, 3.05) is 13.2 Å². The number of benzene rings is 2. The van der Waals surface area contributed by atoms with E-state index in [1.807, 2.05) is 18.2 Å². The summed E-state index contributed by atoms with van der Waals surface area (Å²) in [5.74, 6) is -0.00186. The molecule has 0 aromatic heterocycles. The van der Waals surface area contributed by atoms with Crippen molar-refractivity contribution < 1.29 is 27.1 Å². The SMILES string of the molecule is C=CC(C)CCN(Cc1ccc(C(F)(F)F)cc1)[C@@H]1CC[C@@H](CC(=O)OCC)C[C@H]1c1ccc(F)cc1. The third kappa shape index (κ3) is 8.42. The van der Waals surface area contributed by atoms with E-state index in [1.54, 1.807) is 19.1 Å². The molecule has 1 aliphatic rings. The lowest BCUT2D eigenvalue weighted by Crippen LogP contribution is -2.43. The molecule has 2 aromatic carbocycles. The Morgan fingerprint density at radius 1 is 1.14 bits per heavy atom. The second kappa shape index (κ2) is 13.2. The Balaban J connectivity index is 1.88. The van der Waals surface area contributed by atoms with Gasteiger partial charge in [-0.05, 0) is 92.3 Å². The Morgan fingerprint density at radius 2 is 1.81 bits per heavy atom. The van der Waals surface area contributed by atoms with Gasteiger partial charge in [0.05, 0.1) is 12.2 Å². The lowest BCUT2D eigenvalue weighted by Gasteiger charge is -2.43. The number of allylic oxidation sites excluding steroid dienone is 1. The van der Waals surface area contributed by atoms with Crippen LogP contribution in [0.5, 0.6) is 0 Å². The van der Waals surface area contributed by atoms with E-state index in [4.69, 9.17) is 4.74 Å². The van der Waals surface area contributed by atoms with Gasteiger partial charge in [0.25, 0.3) is 0 Å². The van der Waals surface area contributed by atoms with Crippen LogP contribution in [-0.2, 0) is 22.3 Å². The second-order valence-electron chi connectivity index (χ2n) is 10.1. The monoisotopic (exact) mass is 519 g/mol. The highest BCUT2D eigenvalue weighted by Gasteiger charge is 2.36. The van der Waals surface area contributed by atoms with Crippen LogP contribution in [0.2, 0.25) is 0 Å². The molecular formula is C30H37F4NO2. The Hall–Kier alpha value is -2.67. The zero-order valence-electron chi connectivity index (χ0n) is 21.6. The maximum absolute atomic E-state index is 13.7. The highest BCUT2D eigenvalue weighted by atomic mass is 19.4. The largest absolute Gasteiger partial charge is 0.466 e.